The van der Waals surface area contributed by atoms with Crippen molar-refractivity contribution in [2.24, 2.45) is 5.41 Å². The van der Waals surface area contributed by atoms with Crippen LogP contribution in [0.25, 0.3) is 10.9 Å². The lowest BCUT2D eigenvalue weighted by molar-refractivity contribution is -0.133. The van der Waals surface area contributed by atoms with Gasteiger partial charge in [-0.15, -0.1) is 0 Å². The highest BCUT2D eigenvalue weighted by Crippen LogP contribution is 2.48. The van der Waals surface area contributed by atoms with Crippen molar-refractivity contribution in [3.63, 3.8) is 0 Å². The number of ketones is 2. The smallest absolute Gasteiger partial charge is 0.150 e. The molecule has 1 fully saturated rings. The molecule has 4 aromatic rings. The number of rotatable bonds is 8. The average Bonchev–Trinajstić information content (AvgIpc) is 3.64. The lowest BCUT2D eigenvalue weighted by Crippen LogP contribution is -2.28. The monoisotopic (exact) mass is 517 g/mol. The molecule has 1 aromatic heterocycles. The van der Waals surface area contributed by atoms with Crippen LogP contribution >= 0.6 is 15.9 Å². The van der Waals surface area contributed by atoms with Crippen LogP contribution in [0.4, 0.5) is 4.39 Å². The SMILES string of the molecule is O=C(Cc1ccc(F)cc1)C1(C(=O)Cc2ccc(Oc3ccnc4cc(Br)ccc34)cc2)CC1. The van der Waals surface area contributed by atoms with Crippen molar-refractivity contribution in [2.45, 2.75) is 25.7 Å². The molecule has 6 heteroatoms. The molecule has 3 aromatic carbocycles. The molecule has 34 heavy (non-hydrogen) atoms. The van der Waals surface area contributed by atoms with Gasteiger partial charge < -0.3 is 4.74 Å². The number of fused-ring (bicyclic) bond motifs is 1. The van der Waals surface area contributed by atoms with E-state index in [0.29, 0.717) is 24.3 Å². The van der Waals surface area contributed by atoms with Crippen LogP contribution in [0.15, 0.2) is 83.5 Å². The minimum Gasteiger partial charge on any atom is -0.457 e. The van der Waals surface area contributed by atoms with Crippen LogP contribution in [0.3, 0.4) is 0 Å². The standard InChI is InChI=1S/C28H21BrFNO3/c29-20-5-10-23-24(17-20)31-14-11-25(23)34-22-8-3-19(4-9-22)16-27(33)28(12-13-28)26(32)15-18-1-6-21(30)7-2-18/h1-11,14,17H,12-13,15-16H2. The first-order valence-electron chi connectivity index (χ1n) is 11.1. The van der Waals surface area contributed by atoms with Crippen molar-refractivity contribution in [1.82, 2.24) is 4.98 Å². The minimum atomic E-state index is -0.895. The minimum absolute atomic E-state index is 0.0565. The predicted octanol–water partition coefficient (Wildman–Crippen LogP) is 6.63. The number of aromatic nitrogens is 1. The molecule has 1 aliphatic carbocycles. The van der Waals surface area contributed by atoms with E-state index in [1.54, 1.807) is 18.3 Å². The fourth-order valence-electron chi connectivity index (χ4n) is 4.14. The molecule has 170 valence electrons. The number of hydrogen-bond donors (Lipinski definition) is 0. The fourth-order valence-corrected chi connectivity index (χ4v) is 4.48. The Labute approximate surface area is 204 Å². The Morgan fingerprint density at radius 3 is 2.12 bits per heavy atom. The second kappa shape index (κ2) is 9.11. The molecule has 0 unspecified atom stereocenters. The molecular weight excluding hydrogens is 497 g/mol. The lowest BCUT2D eigenvalue weighted by Gasteiger charge is -2.14. The van der Waals surface area contributed by atoms with E-state index in [1.807, 2.05) is 48.5 Å². The zero-order valence-corrected chi connectivity index (χ0v) is 19.8. The van der Waals surface area contributed by atoms with E-state index < -0.39 is 5.41 Å². The number of ether oxygens (including phenoxy) is 1. The third kappa shape index (κ3) is 4.64. The average molecular weight is 518 g/mol. The van der Waals surface area contributed by atoms with E-state index in [0.717, 1.165) is 26.5 Å². The molecule has 0 spiro atoms. The molecule has 5 rings (SSSR count). The first kappa shape index (κ1) is 22.4. The summed E-state index contributed by atoms with van der Waals surface area (Å²) in [6.07, 6.45) is 3.21. The second-order valence-electron chi connectivity index (χ2n) is 8.63. The van der Waals surface area contributed by atoms with Crippen LogP contribution in [0.1, 0.15) is 24.0 Å². The fraction of sp³-hybridized carbons (Fsp3) is 0.179. The number of Topliss-reactive ketones (excluding diaryl/α,β-unsaturated/α-hetero) is 2. The summed E-state index contributed by atoms with van der Waals surface area (Å²) in [5, 5.41) is 0.903. The largest absolute Gasteiger partial charge is 0.457 e. The summed E-state index contributed by atoms with van der Waals surface area (Å²) >= 11 is 3.45. The number of hydrogen-bond acceptors (Lipinski definition) is 4. The summed E-state index contributed by atoms with van der Waals surface area (Å²) in [5.41, 5.74) is 1.49. The van der Waals surface area contributed by atoms with Crippen molar-refractivity contribution < 1.29 is 18.7 Å². The maximum atomic E-state index is 13.1. The van der Waals surface area contributed by atoms with Gasteiger partial charge in [0.25, 0.3) is 0 Å². The Morgan fingerprint density at radius 2 is 1.50 bits per heavy atom. The van der Waals surface area contributed by atoms with Gasteiger partial charge in [-0.25, -0.2) is 4.39 Å². The summed E-state index contributed by atoms with van der Waals surface area (Å²) in [5.74, 6) is 0.870. The number of benzene rings is 3. The highest BCUT2D eigenvalue weighted by Gasteiger charge is 2.54. The van der Waals surface area contributed by atoms with Gasteiger partial charge in [0.2, 0.25) is 0 Å². The number of pyridine rings is 1. The van der Waals surface area contributed by atoms with Gasteiger partial charge in [-0.05, 0) is 72.5 Å². The van der Waals surface area contributed by atoms with E-state index in [4.69, 9.17) is 4.74 Å². The number of halogens is 2. The summed E-state index contributed by atoms with van der Waals surface area (Å²) in [6, 6.07) is 20.9. The Hall–Kier alpha value is -3.38. The molecule has 0 radical (unpaired) electrons. The summed E-state index contributed by atoms with van der Waals surface area (Å²) in [4.78, 5) is 30.2. The van der Waals surface area contributed by atoms with Crippen molar-refractivity contribution in [3.05, 3.63) is 100 Å². The lowest BCUT2D eigenvalue weighted by atomic mass is 9.88. The van der Waals surface area contributed by atoms with Crippen LogP contribution in [-0.2, 0) is 22.4 Å². The van der Waals surface area contributed by atoms with Crippen molar-refractivity contribution in [3.8, 4) is 11.5 Å². The molecule has 1 aliphatic rings. The van der Waals surface area contributed by atoms with Crippen molar-refractivity contribution >= 4 is 38.4 Å². The number of carbonyl (C=O) groups is 2. The van der Waals surface area contributed by atoms with Crippen LogP contribution in [0, 0.1) is 11.2 Å². The first-order valence-corrected chi connectivity index (χ1v) is 11.8. The Bertz CT molecular complexity index is 1380. The van der Waals surface area contributed by atoms with Crippen LogP contribution < -0.4 is 4.74 Å². The van der Waals surface area contributed by atoms with Gasteiger partial charge in [0, 0.05) is 28.9 Å². The normalized spacial score (nSPS) is 14.1. The highest BCUT2D eigenvalue weighted by molar-refractivity contribution is 9.10. The predicted molar refractivity (Wildman–Crippen MR) is 131 cm³/mol. The van der Waals surface area contributed by atoms with Gasteiger partial charge in [-0.1, -0.05) is 40.2 Å². The third-order valence-electron chi connectivity index (χ3n) is 6.28. The van der Waals surface area contributed by atoms with Gasteiger partial charge in [0.1, 0.15) is 17.3 Å². The van der Waals surface area contributed by atoms with Gasteiger partial charge in [0.05, 0.1) is 10.9 Å². The van der Waals surface area contributed by atoms with E-state index in [2.05, 4.69) is 20.9 Å². The molecule has 0 aliphatic heterocycles. The van der Waals surface area contributed by atoms with Gasteiger partial charge in [-0.3, -0.25) is 14.6 Å². The molecule has 1 heterocycles. The van der Waals surface area contributed by atoms with E-state index in [-0.39, 0.29) is 30.2 Å². The maximum Gasteiger partial charge on any atom is 0.150 e. The molecule has 0 atom stereocenters. The Morgan fingerprint density at radius 1 is 0.882 bits per heavy atom. The molecule has 0 amide bonds. The maximum absolute atomic E-state index is 13.1. The molecular formula is C28H21BrFNO3. The molecule has 0 N–H and O–H groups in total. The van der Waals surface area contributed by atoms with Crippen molar-refractivity contribution in [1.29, 1.82) is 0 Å². The van der Waals surface area contributed by atoms with E-state index >= 15 is 0 Å². The second-order valence-corrected chi connectivity index (χ2v) is 9.54. The Balaban J connectivity index is 1.25. The van der Waals surface area contributed by atoms with Crippen LogP contribution in [-0.4, -0.2) is 16.6 Å². The summed E-state index contributed by atoms with van der Waals surface area (Å²) < 4.78 is 20.1. The topological polar surface area (TPSA) is 56.3 Å². The van der Waals surface area contributed by atoms with Gasteiger partial charge >= 0.3 is 0 Å². The van der Waals surface area contributed by atoms with Crippen LogP contribution in [0.2, 0.25) is 0 Å². The summed E-state index contributed by atoms with van der Waals surface area (Å²) in [6.45, 7) is 0. The van der Waals surface area contributed by atoms with E-state index in [1.165, 1.54) is 12.1 Å². The first-order chi connectivity index (χ1) is 16.4. The third-order valence-corrected chi connectivity index (χ3v) is 6.77. The van der Waals surface area contributed by atoms with Crippen LogP contribution in [0.5, 0.6) is 11.5 Å². The van der Waals surface area contributed by atoms with Crippen molar-refractivity contribution in [2.75, 3.05) is 0 Å². The molecule has 4 nitrogen and oxygen atoms in total. The Kier molecular flexibility index (Phi) is 6.00. The summed E-state index contributed by atoms with van der Waals surface area (Å²) in [7, 11) is 0. The van der Waals surface area contributed by atoms with Gasteiger partial charge in [-0.2, -0.15) is 0 Å². The molecule has 1 saturated carbocycles. The zero-order valence-electron chi connectivity index (χ0n) is 18.3. The number of nitrogens with zero attached hydrogens (tertiary/aromatic N) is 1. The number of carbonyl (C=O) groups excluding carboxylic acids is 2. The zero-order chi connectivity index (χ0) is 23.7. The van der Waals surface area contributed by atoms with E-state index in [9.17, 15) is 14.0 Å². The molecule has 0 saturated heterocycles. The van der Waals surface area contributed by atoms with Gasteiger partial charge in [0.15, 0.2) is 11.6 Å². The highest BCUT2D eigenvalue weighted by atomic mass is 79.9. The quantitative estimate of drug-likeness (QED) is 0.246. The molecule has 0 bridgehead atoms.